The number of anilines is 1. The van der Waals surface area contributed by atoms with E-state index in [4.69, 9.17) is 12.2 Å². The fraction of sp³-hybridized carbons (Fsp3) is 0.438. The van der Waals surface area contributed by atoms with Crippen LogP contribution in [0.3, 0.4) is 0 Å². The largest absolute Gasteiger partial charge is 0.378 e. The van der Waals surface area contributed by atoms with Gasteiger partial charge in [-0.05, 0) is 31.5 Å². The average molecular weight is 382 g/mol. The van der Waals surface area contributed by atoms with E-state index in [0.29, 0.717) is 9.38 Å². The monoisotopic (exact) mass is 381 g/mol. The lowest BCUT2D eigenvalue weighted by Crippen LogP contribution is -2.55. The summed E-state index contributed by atoms with van der Waals surface area (Å²) in [6, 6.07) is 7.26. The Morgan fingerprint density at radius 2 is 2.00 bits per heavy atom. The molecular weight excluding hydrogens is 358 g/mol. The van der Waals surface area contributed by atoms with Crippen molar-refractivity contribution in [2.24, 2.45) is 5.10 Å². The van der Waals surface area contributed by atoms with Crippen LogP contribution in [0.5, 0.6) is 0 Å². The Morgan fingerprint density at radius 1 is 1.40 bits per heavy atom. The van der Waals surface area contributed by atoms with Crippen LogP contribution in [0.4, 0.5) is 10.5 Å². The third-order valence-corrected chi connectivity index (χ3v) is 5.32. The van der Waals surface area contributed by atoms with Crippen molar-refractivity contribution in [3.8, 4) is 0 Å². The number of hydrazone groups is 1. The molecule has 7 nitrogen and oxygen atoms in total. The number of hydrogen-bond donors (Lipinski definition) is 2. The number of rotatable bonds is 4. The van der Waals surface area contributed by atoms with Gasteiger partial charge in [0.15, 0.2) is 10.5 Å². The van der Waals surface area contributed by atoms with Crippen LogP contribution < -0.4 is 10.2 Å². The number of nitrogens with zero attached hydrogens (tertiary/aromatic N) is 4. The first-order valence-electron chi connectivity index (χ1n) is 7.71. The van der Waals surface area contributed by atoms with Crippen LogP contribution in [-0.2, 0) is 0 Å². The highest BCUT2D eigenvalue weighted by atomic mass is 32.2. The number of hydroxylamine groups is 2. The van der Waals surface area contributed by atoms with Gasteiger partial charge in [0, 0.05) is 26.8 Å². The van der Waals surface area contributed by atoms with Gasteiger partial charge in [0.25, 0.3) is 0 Å². The molecule has 0 aromatic heterocycles. The molecule has 1 atom stereocenters. The molecule has 1 fully saturated rings. The summed E-state index contributed by atoms with van der Waals surface area (Å²) in [6.07, 6.45) is 0.959. The second-order valence-electron chi connectivity index (χ2n) is 6.32. The standard InChI is InChI=1S/C16H23N5O2S2/c1-16(2)13(21(23)14(22)17-3)20(15(24)25-16)18-10-11-6-8-12(9-7-11)19(4)5/h6-10,13,23H,1-5H3,(H,17,22)/b18-10+. The fourth-order valence-corrected chi connectivity index (χ4v) is 4.23. The number of thiocarbonyl (C=S) groups is 1. The lowest BCUT2D eigenvalue weighted by molar-refractivity contribution is -0.117. The minimum Gasteiger partial charge on any atom is -0.378 e. The maximum Gasteiger partial charge on any atom is 0.343 e. The Labute approximate surface area is 157 Å². The summed E-state index contributed by atoms with van der Waals surface area (Å²) in [4.78, 5) is 13.9. The summed E-state index contributed by atoms with van der Waals surface area (Å²) in [5.74, 6) is 0. The highest BCUT2D eigenvalue weighted by molar-refractivity contribution is 8.24. The van der Waals surface area contributed by atoms with Crippen molar-refractivity contribution >= 4 is 46.2 Å². The smallest absolute Gasteiger partial charge is 0.343 e. The molecule has 1 aromatic rings. The van der Waals surface area contributed by atoms with Crippen molar-refractivity contribution in [2.75, 3.05) is 26.0 Å². The second-order valence-corrected chi connectivity index (χ2v) is 8.61. The molecule has 136 valence electrons. The zero-order valence-electron chi connectivity index (χ0n) is 14.9. The van der Waals surface area contributed by atoms with Gasteiger partial charge in [0.1, 0.15) is 0 Å². The summed E-state index contributed by atoms with van der Waals surface area (Å²) >= 11 is 6.77. The van der Waals surface area contributed by atoms with Gasteiger partial charge in [0.2, 0.25) is 0 Å². The first-order chi connectivity index (χ1) is 11.7. The topological polar surface area (TPSA) is 71.4 Å². The van der Waals surface area contributed by atoms with Crippen LogP contribution >= 0.6 is 24.0 Å². The van der Waals surface area contributed by atoms with Crippen molar-refractivity contribution in [1.82, 2.24) is 15.4 Å². The quantitative estimate of drug-likeness (QED) is 0.361. The minimum atomic E-state index is -0.706. The molecule has 9 heteroatoms. The maximum absolute atomic E-state index is 11.8. The molecule has 0 aliphatic carbocycles. The summed E-state index contributed by atoms with van der Waals surface area (Å²) < 4.78 is -0.0103. The second kappa shape index (κ2) is 7.59. The Kier molecular flexibility index (Phi) is 5.91. The number of thioether (sulfide) groups is 1. The zero-order chi connectivity index (χ0) is 18.8. The Bertz CT molecular complexity index is 676. The van der Waals surface area contributed by atoms with Crippen LogP contribution in [0.1, 0.15) is 19.4 Å². The van der Waals surface area contributed by atoms with E-state index in [1.807, 2.05) is 57.1 Å². The first-order valence-corrected chi connectivity index (χ1v) is 8.93. The molecule has 1 heterocycles. The first kappa shape index (κ1) is 19.5. The molecule has 1 unspecified atom stereocenters. The molecule has 1 aliphatic rings. The van der Waals surface area contributed by atoms with E-state index in [9.17, 15) is 10.0 Å². The van der Waals surface area contributed by atoms with Crippen molar-refractivity contribution < 1.29 is 10.0 Å². The number of urea groups is 1. The predicted molar refractivity (Wildman–Crippen MR) is 106 cm³/mol. The van der Waals surface area contributed by atoms with Crippen LogP contribution in [-0.4, -0.2) is 63.9 Å². The normalized spacial score (nSPS) is 19.4. The van der Waals surface area contributed by atoms with E-state index in [-0.39, 0.29) is 0 Å². The molecule has 1 aromatic carbocycles. The van der Waals surface area contributed by atoms with E-state index in [1.54, 1.807) is 6.21 Å². The predicted octanol–water partition coefficient (Wildman–Crippen LogP) is 2.56. The lowest BCUT2D eigenvalue weighted by Gasteiger charge is -2.33. The number of nitrogens with one attached hydrogen (secondary N) is 1. The van der Waals surface area contributed by atoms with Gasteiger partial charge in [-0.3, -0.25) is 5.21 Å². The third-order valence-electron chi connectivity index (χ3n) is 3.79. The molecule has 0 radical (unpaired) electrons. The highest BCUT2D eigenvalue weighted by Crippen LogP contribution is 2.42. The third kappa shape index (κ3) is 4.23. The van der Waals surface area contributed by atoms with Gasteiger partial charge in [-0.15, -0.1) is 0 Å². The van der Waals surface area contributed by atoms with E-state index in [2.05, 4.69) is 10.4 Å². The molecule has 0 saturated carbocycles. The molecule has 2 amide bonds. The number of amides is 2. The lowest BCUT2D eigenvalue weighted by atomic mass is 10.1. The highest BCUT2D eigenvalue weighted by Gasteiger charge is 2.49. The number of hydrogen-bond acceptors (Lipinski definition) is 6. The van der Waals surface area contributed by atoms with Crippen molar-refractivity contribution in [3.63, 3.8) is 0 Å². The van der Waals surface area contributed by atoms with E-state index in [1.165, 1.54) is 23.8 Å². The minimum absolute atomic E-state index is 0.499. The molecule has 0 bridgehead atoms. The molecule has 1 aliphatic heterocycles. The van der Waals surface area contributed by atoms with Crippen molar-refractivity contribution in [2.45, 2.75) is 24.8 Å². The summed E-state index contributed by atoms with van der Waals surface area (Å²) in [5.41, 5.74) is 1.98. The molecule has 2 rings (SSSR count). The van der Waals surface area contributed by atoms with Crippen molar-refractivity contribution in [1.29, 1.82) is 0 Å². The Hall–Kier alpha value is -1.84. The van der Waals surface area contributed by atoms with Gasteiger partial charge in [0.05, 0.1) is 11.0 Å². The van der Waals surface area contributed by atoms with Gasteiger partial charge >= 0.3 is 6.03 Å². The van der Waals surface area contributed by atoms with Crippen LogP contribution in [0, 0.1) is 0 Å². The number of carbonyl (C=O) groups excluding carboxylic acids is 1. The van der Waals surface area contributed by atoms with Gasteiger partial charge in [-0.2, -0.15) is 10.2 Å². The number of carbonyl (C=O) groups is 1. The van der Waals surface area contributed by atoms with Crippen LogP contribution in [0.2, 0.25) is 0 Å². The SMILES string of the molecule is CNC(=O)N(O)C1N(/N=C/c2ccc(N(C)C)cc2)C(=S)SC1(C)C. The molecule has 0 spiro atoms. The fourth-order valence-electron chi connectivity index (χ4n) is 2.44. The van der Waals surface area contributed by atoms with E-state index < -0.39 is 16.9 Å². The van der Waals surface area contributed by atoms with Crippen molar-refractivity contribution in [3.05, 3.63) is 29.8 Å². The summed E-state index contributed by atoms with van der Waals surface area (Å²) in [7, 11) is 5.41. The molecule has 2 N–H and O–H groups in total. The van der Waals surface area contributed by atoms with Gasteiger partial charge in [-0.25, -0.2) is 9.80 Å². The summed E-state index contributed by atoms with van der Waals surface area (Å²) in [6.45, 7) is 3.81. The average Bonchev–Trinajstić information content (AvgIpc) is 2.79. The van der Waals surface area contributed by atoms with Crippen LogP contribution in [0.15, 0.2) is 29.4 Å². The Morgan fingerprint density at radius 3 is 2.52 bits per heavy atom. The molecular formula is C16H23N5O2S2. The molecule has 1 saturated heterocycles. The van der Waals surface area contributed by atoms with E-state index in [0.717, 1.165) is 11.3 Å². The maximum atomic E-state index is 11.8. The summed E-state index contributed by atoms with van der Waals surface area (Å²) in [5, 5.41) is 19.2. The Balaban J connectivity index is 2.25. The number of benzene rings is 1. The van der Waals surface area contributed by atoms with E-state index >= 15 is 0 Å². The zero-order valence-corrected chi connectivity index (χ0v) is 16.6. The van der Waals surface area contributed by atoms with Gasteiger partial charge in [-0.1, -0.05) is 36.1 Å². The van der Waals surface area contributed by atoms with Crippen LogP contribution in [0.25, 0.3) is 0 Å². The van der Waals surface area contributed by atoms with Gasteiger partial charge < -0.3 is 10.2 Å². The molecule has 25 heavy (non-hydrogen) atoms.